The number of nitrogens with one attached hydrogen (secondary N) is 1. The molecule has 1 heterocycles. The number of hydrogen-bond donors (Lipinski definition) is 1. The molecule has 1 fully saturated rings. The van der Waals surface area contributed by atoms with Crippen LogP contribution >= 0.6 is 0 Å². The fraction of sp³-hybridized carbons (Fsp3) is 1.00. The van der Waals surface area contributed by atoms with E-state index in [1.165, 1.54) is 0 Å². The molecule has 1 aliphatic rings. The van der Waals surface area contributed by atoms with Crippen molar-refractivity contribution in [2.75, 3.05) is 19.6 Å². The van der Waals surface area contributed by atoms with Gasteiger partial charge in [-0.3, -0.25) is 5.43 Å². The molecule has 1 aliphatic heterocycles. The zero-order chi connectivity index (χ0) is 9.90. The summed E-state index contributed by atoms with van der Waals surface area (Å²) >= 11 is 0. The van der Waals surface area contributed by atoms with Gasteiger partial charge >= 0.3 is 12.3 Å². The fourth-order valence-electron chi connectivity index (χ4n) is 1.20. The highest BCUT2D eigenvalue weighted by molar-refractivity contribution is 4.74. The van der Waals surface area contributed by atoms with E-state index in [1.54, 1.807) is 0 Å². The number of rotatable bonds is 3. The number of hydrazine groups is 1. The van der Waals surface area contributed by atoms with Crippen molar-refractivity contribution in [2.24, 2.45) is 0 Å². The van der Waals surface area contributed by atoms with E-state index in [-0.39, 0.29) is 0 Å². The Bertz CT molecular complexity index is 157. The van der Waals surface area contributed by atoms with Crippen molar-refractivity contribution in [3.63, 3.8) is 0 Å². The molecular weight excluding hydrogens is 188 g/mol. The molecule has 0 spiro atoms. The van der Waals surface area contributed by atoms with Crippen LogP contribution in [0, 0.1) is 0 Å². The predicted octanol–water partition coefficient (Wildman–Crippen LogP) is 1.49. The Kier molecular flexibility index (Phi) is 3.49. The summed E-state index contributed by atoms with van der Waals surface area (Å²) in [6, 6.07) is 0. The first-order valence-electron chi connectivity index (χ1n) is 4.17. The second-order valence-corrected chi connectivity index (χ2v) is 3.10. The molecule has 0 atom stereocenters. The smallest absolute Gasteiger partial charge is 0.255 e. The zero-order valence-electron chi connectivity index (χ0n) is 7.07. The van der Waals surface area contributed by atoms with Crippen LogP contribution < -0.4 is 5.43 Å². The second kappa shape index (κ2) is 4.23. The van der Waals surface area contributed by atoms with Gasteiger partial charge in [0.1, 0.15) is 0 Å². The van der Waals surface area contributed by atoms with Crippen molar-refractivity contribution in [1.29, 1.82) is 0 Å². The van der Waals surface area contributed by atoms with Crippen molar-refractivity contribution < 1.29 is 17.6 Å². The third kappa shape index (κ3) is 3.11. The predicted molar refractivity (Wildman–Crippen MR) is 39.8 cm³/mol. The maximum Gasteiger partial charge on any atom is 0.321 e. The lowest BCUT2D eigenvalue weighted by molar-refractivity contribution is -0.149. The van der Waals surface area contributed by atoms with E-state index >= 15 is 0 Å². The highest BCUT2D eigenvalue weighted by atomic mass is 19.3. The summed E-state index contributed by atoms with van der Waals surface area (Å²) in [4.78, 5) is 0. The van der Waals surface area contributed by atoms with Crippen molar-refractivity contribution in [3.8, 4) is 0 Å². The van der Waals surface area contributed by atoms with Crippen molar-refractivity contribution in [2.45, 2.75) is 25.2 Å². The third-order valence-corrected chi connectivity index (χ3v) is 1.91. The highest BCUT2D eigenvalue weighted by Gasteiger charge is 2.42. The fourth-order valence-corrected chi connectivity index (χ4v) is 1.20. The lowest BCUT2D eigenvalue weighted by atomic mass is 10.2. The van der Waals surface area contributed by atoms with E-state index in [2.05, 4.69) is 5.43 Å². The largest absolute Gasteiger partial charge is 0.321 e. The molecule has 6 heteroatoms. The Hall–Kier alpha value is -0.360. The lowest BCUT2D eigenvalue weighted by Gasteiger charge is -2.30. The number of halogens is 4. The van der Waals surface area contributed by atoms with Gasteiger partial charge in [-0.05, 0) is 12.8 Å². The minimum Gasteiger partial charge on any atom is -0.255 e. The number of nitrogens with zero attached hydrogens (tertiary/aromatic N) is 1. The van der Waals surface area contributed by atoms with Crippen LogP contribution in [0.4, 0.5) is 17.6 Å². The van der Waals surface area contributed by atoms with Crippen molar-refractivity contribution in [3.05, 3.63) is 0 Å². The summed E-state index contributed by atoms with van der Waals surface area (Å²) in [5.41, 5.74) is 2.65. The van der Waals surface area contributed by atoms with Gasteiger partial charge in [0.25, 0.3) is 0 Å². The highest BCUT2D eigenvalue weighted by Crippen LogP contribution is 2.23. The van der Waals surface area contributed by atoms with Gasteiger partial charge in [0.15, 0.2) is 0 Å². The summed E-state index contributed by atoms with van der Waals surface area (Å²) in [6.07, 6.45) is -1.92. The van der Waals surface area contributed by atoms with Crippen LogP contribution in [-0.2, 0) is 0 Å². The molecule has 0 aromatic heterocycles. The number of alkyl halides is 4. The third-order valence-electron chi connectivity index (χ3n) is 1.91. The normalized spacial score (nSPS) is 21.0. The Labute approximate surface area is 73.9 Å². The number of hydrogen-bond acceptors (Lipinski definition) is 2. The van der Waals surface area contributed by atoms with Gasteiger partial charge in [0.2, 0.25) is 0 Å². The molecule has 1 saturated heterocycles. The van der Waals surface area contributed by atoms with Gasteiger partial charge in [0, 0.05) is 13.1 Å². The van der Waals surface area contributed by atoms with E-state index in [9.17, 15) is 17.6 Å². The average molecular weight is 200 g/mol. The Morgan fingerprint density at radius 2 is 2.00 bits per heavy atom. The van der Waals surface area contributed by atoms with Crippen molar-refractivity contribution in [1.82, 2.24) is 10.4 Å². The van der Waals surface area contributed by atoms with Gasteiger partial charge in [0.05, 0.1) is 6.54 Å². The molecule has 1 rings (SSSR count). The average Bonchev–Trinajstić information content (AvgIpc) is 2.05. The summed E-state index contributed by atoms with van der Waals surface area (Å²) < 4.78 is 48.5. The van der Waals surface area contributed by atoms with Crippen LogP contribution in [0.25, 0.3) is 0 Å². The van der Waals surface area contributed by atoms with Crippen LogP contribution in [0.5, 0.6) is 0 Å². The molecule has 0 radical (unpaired) electrons. The minimum atomic E-state index is -3.91. The van der Waals surface area contributed by atoms with Gasteiger partial charge in [-0.1, -0.05) is 0 Å². The molecule has 0 amide bonds. The SMILES string of the molecule is FC(F)C(F)(F)CN1CCCCN1. The molecule has 2 nitrogen and oxygen atoms in total. The van der Waals surface area contributed by atoms with Crippen molar-refractivity contribution >= 4 is 0 Å². The quantitative estimate of drug-likeness (QED) is 0.694. The molecule has 13 heavy (non-hydrogen) atoms. The van der Waals surface area contributed by atoms with Crippen LogP contribution in [-0.4, -0.2) is 37.0 Å². The molecule has 0 aromatic carbocycles. The zero-order valence-corrected chi connectivity index (χ0v) is 7.07. The van der Waals surface area contributed by atoms with E-state index in [0.717, 1.165) is 17.9 Å². The van der Waals surface area contributed by atoms with Crippen LogP contribution in [0.2, 0.25) is 0 Å². The van der Waals surface area contributed by atoms with E-state index in [4.69, 9.17) is 0 Å². The molecule has 0 unspecified atom stereocenters. The van der Waals surface area contributed by atoms with Crippen LogP contribution in [0.3, 0.4) is 0 Å². The summed E-state index contributed by atoms with van der Waals surface area (Å²) in [5.74, 6) is -3.91. The van der Waals surface area contributed by atoms with Crippen LogP contribution in [0.1, 0.15) is 12.8 Å². The Balaban J connectivity index is 2.37. The maximum atomic E-state index is 12.5. The van der Waals surface area contributed by atoms with E-state index in [1.807, 2.05) is 0 Å². The van der Waals surface area contributed by atoms with Crippen LogP contribution in [0.15, 0.2) is 0 Å². The van der Waals surface area contributed by atoms with Gasteiger partial charge in [-0.2, -0.15) is 8.78 Å². The summed E-state index contributed by atoms with van der Waals surface area (Å²) in [7, 11) is 0. The van der Waals surface area contributed by atoms with Gasteiger partial charge < -0.3 is 0 Å². The molecular formula is C7H12F4N2. The monoisotopic (exact) mass is 200 g/mol. The lowest BCUT2D eigenvalue weighted by Crippen LogP contribution is -2.50. The van der Waals surface area contributed by atoms with Gasteiger partial charge in [-0.15, -0.1) is 0 Å². The molecule has 0 aromatic rings. The van der Waals surface area contributed by atoms with E-state index < -0.39 is 18.9 Å². The Morgan fingerprint density at radius 3 is 2.46 bits per heavy atom. The molecule has 0 saturated carbocycles. The molecule has 78 valence electrons. The van der Waals surface area contributed by atoms with E-state index in [0.29, 0.717) is 13.1 Å². The standard InChI is InChI=1S/C7H12F4N2/c8-6(9)7(10,11)5-13-4-2-1-3-12-13/h6,12H,1-5H2. The first-order chi connectivity index (χ1) is 6.02. The topological polar surface area (TPSA) is 15.3 Å². The second-order valence-electron chi connectivity index (χ2n) is 3.10. The molecule has 0 aliphatic carbocycles. The summed E-state index contributed by atoms with van der Waals surface area (Å²) in [6.45, 7) is 0.0757. The summed E-state index contributed by atoms with van der Waals surface area (Å²) in [5, 5.41) is 1.16. The first-order valence-corrected chi connectivity index (χ1v) is 4.17. The molecule has 1 N–H and O–H groups in total. The first kappa shape index (κ1) is 10.7. The Morgan fingerprint density at radius 1 is 1.31 bits per heavy atom. The van der Waals surface area contributed by atoms with Gasteiger partial charge in [-0.25, -0.2) is 13.8 Å². The molecule has 0 bridgehead atoms. The minimum absolute atomic E-state index is 0.405. The maximum absolute atomic E-state index is 12.5.